The highest BCUT2D eigenvalue weighted by Crippen LogP contribution is 2.19. The van der Waals surface area contributed by atoms with E-state index in [1.807, 2.05) is 6.08 Å². The highest BCUT2D eigenvalue weighted by molar-refractivity contribution is 7.89. The summed E-state index contributed by atoms with van der Waals surface area (Å²) in [5.41, 5.74) is 1.12. The predicted octanol–water partition coefficient (Wildman–Crippen LogP) is 1.09. The van der Waals surface area contributed by atoms with Crippen LogP contribution in [0.2, 0.25) is 0 Å². The molecule has 1 aliphatic rings. The van der Waals surface area contributed by atoms with Gasteiger partial charge in [0.05, 0.1) is 0 Å². The third-order valence-corrected chi connectivity index (χ3v) is 4.44. The first-order chi connectivity index (χ1) is 8.49. The maximum atomic E-state index is 12.1. The van der Waals surface area contributed by atoms with Crippen LogP contribution in [0.3, 0.4) is 0 Å². The fraction of sp³-hybridized carbons (Fsp3) is 0.500. The van der Waals surface area contributed by atoms with Crippen LogP contribution in [-0.4, -0.2) is 28.1 Å². The van der Waals surface area contributed by atoms with Crippen molar-refractivity contribution >= 4 is 10.0 Å². The van der Waals surface area contributed by atoms with E-state index in [4.69, 9.17) is 4.42 Å². The van der Waals surface area contributed by atoms with Gasteiger partial charge in [0.25, 0.3) is 0 Å². The summed E-state index contributed by atoms with van der Waals surface area (Å²) in [5.74, 6) is 1.04. The molecule has 0 fully saturated rings. The van der Waals surface area contributed by atoms with Crippen molar-refractivity contribution < 1.29 is 12.8 Å². The van der Waals surface area contributed by atoms with Crippen LogP contribution < -0.4 is 10.0 Å². The Balaban J connectivity index is 2.08. The minimum absolute atomic E-state index is 0.231. The first-order valence-corrected chi connectivity index (χ1v) is 7.43. The van der Waals surface area contributed by atoms with Crippen LogP contribution in [0.5, 0.6) is 0 Å². The van der Waals surface area contributed by atoms with Gasteiger partial charge in [-0.3, -0.25) is 0 Å². The summed E-state index contributed by atoms with van der Waals surface area (Å²) >= 11 is 0. The largest absolute Gasteiger partial charge is 0.465 e. The van der Waals surface area contributed by atoms with Gasteiger partial charge in [-0.25, -0.2) is 13.1 Å². The first kappa shape index (κ1) is 13.3. The Bertz CT molecular complexity index is 558. The van der Waals surface area contributed by atoms with Gasteiger partial charge >= 0.3 is 0 Å². The van der Waals surface area contributed by atoms with E-state index in [9.17, 15) is 8.42 Å². The molecule has 0 spiro atoms. The maximum Gasteiger partial charge on any atom is 0.244 e. The molecule has 0 aromatic carbocycles. The second kappa shape index (κ2) is 5.26. The van der Waals surface area contributed by atoms with Gasteiger partial charge < -0.3 is 9.73 Å². The Morgan fingerprint density at radius 3 is 2.78 bits per heavy atom. The van der Waals surface area contributed by atoms with Crippen molar-refractivity contribution in [2.24, 2.45) is 0 Å². The first-order valence-electron chi connectivity index (χ1n) is 5.94. The van der Waals surface area contributed by atoms with Crippen LogP contribution in [0.25, 0.3) is 0 Å². The third kappa shape index (κ3) is 3.01. The van der Waals surface area contributed by atoms with E-state index >= 15 is 0 Å². The van der Waals surface area contributed by atoms with Gasteiger partial charge in [-0.05, 0) is 32.9 Å². The molecule has 6 heteroatoms. The quantitative estimate of drug-likeness (QED) is 0.804. The van der Waals surface area contributed by atoms with E-state index in [0.29, 0.717) is 18.1 Å². The number of rotatable bonds is 4. The summed E-state index contributed by atoms with van der Waals surface area (Å²) in [7, 11) is -3.47. The molecule has 0 radical (unpaired) electrons. The number of nitrogens with one attached hydrogen (secondary N) is 2. The molecule has 1 aliphatic heterocycles. The molecule has 1 aromatic rings. The van der Waals surface area contributed by atoms with Crippen molar-refractivity contribution in [2.45, 2.75) is 25.2 Å². The standard InChI is InChI=1S/C12H18N2O3S/c1-9-7-12(10(2)17-9)18(15,16)14-8-11-3-5-13-6-4-11/h3,7,13-14H,4-6,8H2,1-2H3. The molecule has 0 unspecified atom stereocenters. The monoisotopic (exact) mass is 270 g/mol. The van der Waals surface area contributed by atoms with Crippen molar-refractivity contribution in [1.29, 1.82) is 0 Å². The summed E-state index contributed by atoms with van der Waals surface area (Å²) < 4.78 is 32.1. The molecular weight excluding hydrogens is 252 g/mol. The van der Waals surface area contributed by atoms with Gasteiger partial charge in [0, 0.05) is 13.1 Å². The van der Waals surface area contributed by atoms with Crippen LogP contribution in [0.15, 0.2) is 27.0 Å². The number of sulfonamides is 1. The van der Waals surface area contributed by atoms with Crippen molar-refractivity contribution in [3.63, 3.8) is 0 Å². The molecule has 0 saturated heterocycles. The van der Waals surface area contributed by atoms with Gasteiger partial charge in [0.1, 0.15) is 16.4 Å². The predicted molar refractivity (Wildman–Crippen MR) is 68.9 cm³/mol. The Morgan fingerprint density at radius 1 is 1.44 bits per heavy atom. The number of aryl methyl sites for hydroxylation is 2. The van der Waals surface area contributed by atoms with Crippen molar-refractivity contribution in [3.8, 4) is 0 Å². The highest BCUT2D eigenvalue weighted by atomic mass is 32.2. The maximum absolute atomic E-state index is 12.1. The fourth-order valence-electron chi connectivity index (χ4n) is 1.97. The Morgan fingerprint density at radius 2 is 2.22 bits per heavy atom. The van der Waals surface area contributed by atoms with Crippen molar-refractivity contribution in [3.05, 3.63) is 29.2 Å². The van der Waals surface area contributed by atoms with E-state index < -0.39 is 10.0 Å². The third-order valence-electron chi connectivity index (χ3n) is 2.93. The van der Waals surface area contributed by atoms with Gasteiger partial charge in [-0.2, -0.15) is 0 Å². The van der Waals surface area contributed by atoms with E-state index in [2.05, 4.69) is 10.0 Å². The molecule has 0 aliphatic carbocycles. The molecule has 2 N–H and O–H groups in total. The van der Waals surface area contributed by atoms with E-state index in [1.165, 1.54) is 0 Å². The van der Waals surface area contributed by atoms with E-state index in [0.717, 1.165) is 25.1 Å². The lowest BCUT2D eigenvalue weighted by atomic mass is 10.1. The van der Waals surface area contributed by atoms with Crippen molar-refractivity contribution in [2.75, 3.05) is 19.6 Å². The van der Waals surface area contributed by atoms with Crippen LogP contribution in [0.4, 0.5) is 0 Å². The number of hydrogen-bond donors (Lipinski definition) is 2. The summed E-state index contributed by atoms with van der Waals surface area (Å²) in [5, 5.41) is 3.19. The minimum Gasteiger partial charge on any atom is -0.465 e. The van der Waals surface area contributed by atoms with Crippen molar-refractivity contribution in [1.82, 2.24) is 10.0 Å². The van der Waals surface area contributed by atoms with Crippen LogP contribution >= 0.6 is 0 Å². The van der Waals surface area contributed by atoms with Crippen LogP contribution in [0.1, 0.15) is 17.9 Å². The fourth-order valence-corrected chi connectivity index (χ4v) is 3.24. The van der Waals surface area contributed by atoms with E-state index in [-0.39, 0.29) is 4.90 Å². The second-order valence-corrected chi connectivity index (χ2v) is 6.15. The summed E-state index contributed by atoms with van der Waals surface area (Å²) in [6, 6.07) is 1.55. The lowest BCUT2D eigenvalue weighted by Crippen LogP contribution is -2.29. The van der Waals surface area contributed by atoms with Gasteiger partial charge in [-0.15, -0.1) is 0 Å². The van der Waals surface area contributed by atoms with Gasteiger partial charge in [0.15, 0.2) is 0 Å². The molecule has 0 amide bonds. The minimum atomic E-state index is -3.47. The molecule has 18 heavy (non-hydrogen) atoms. The lowest BCUT2D eigenvalue weighted by molar-refractivity contribution is 0.495. The van der Waals surface area contributed by atoms with Gasteiger partial charge in [-0.1, -0.05) is 11.6 Å². The molecule has 0 atom stereocenters. The van der Waals surface area contributed by atoms with Crippen LogP contribution in [-0.2, 0) is 10.0 Å². The molecule has 0 saturated carbocycles. The summed E-state index contributed by atoms with van der Waals surface area (Å²) in [6.45, 7) is 5.47. The summed E-state index contributed by atoms with van der Waals surface area (Å²) in [6.07, 6.45) is 2.91. The molecular formula is C12H18N2O3S. The molecule has 2 heterocycles. The molecule has 1 aromatic heterocycles. The second-order valence-electron chi connectivity index (χ2n) is 4.42. The molecule has 2 rings (SSSR count). The van der Waals surface area contributed by atoms with Gasteiger partial charge in [0.2, 0.25) is 10.0 Å². The zero-order chi connectivity index (χ0) is 13.2. The zero-order valence-electron chi connectivity index (χ0n) is 10.6. The zero-order valence-corrected chi connectivity index (χ0v) is 11.4. The van der Waals surface area contributed by atoms with Crippen LogP contribution in [0, 0.1) is 13.8 Å². The Labute approximate surface area is 107 Å². The Hall–Kier alpha value is -1.11. The topological polar surface area (TPSA) is 71.3 Å². The normalized spacial score (nSPS) is 16.7. The molecule has 5 nitrogen and oxygen atoms in total. The Kier molecular flexibility index (Phi) is 3.89. The average Bonchev–Trinajstić information content (AvgIpc) is 2.68. The number of hydrogen-bond acceptors (Lipinski definition) is 4. The smallest absolute Gasteiger partial charge is 0.244 e. The number of furan rings is 1. The average molecular weight is 270 g/mol. The molecule has 100 valence electrons. The highest BCUT2D eigenvalue weighted by Gasteiger charge is 2.20. The van der Waals surface area contributed by atoms with E-state index in [1.54, 1.807) is 19.9 Å². The summed E-state index contributed by atoms with van der Waals surface area (Å²) in [4.78, 5) is 0.231. The SMILES string of the molecule is Cc1cc(S(=O)(=O)NCC2=CCNCC2)c(C)o1. The molecule has 0 bridgehead atoms. The lowest BCUT2D eigenvalue weighted by Gasteiger charge is -2.14.